The number of fused-ring (bicyclic) bond motifs is 1. The number of hydrogen-bond donors (Lipinski definition) is 2. The molecule has 0 fully saturated rings. The summed E-state index contributed by atoms with van der Waals surface area (Å²) in [4.78, 5) is 24.9. The molecule has 0 atom stereocenters. The number of sulfonamides is 1. The van der Waals surface area contributed by atoms with Crippen molar-refractivity contribution in [2.45, 2.75) is 4.90 Å². The molecule has 0 spiro atoms. The van der Waals surface area contributed by atoms with Crippen LogP contribution >= 0.6 is 11.6 Å². The number of hydrazone groups is 1. The monoisotopic (exact) mass is 481 g/mol. The number of nitrogens with one attached hydrogen (secondary N) is 2. The van der Waals surface area contributed by atoms with Gasteiger partial charge in [0.05, 0.1) is 22.1 Å². The summed E-state index contributed by atoms with van der Waals surface area (Å²) in [7, 11) is -3.73. The second-order valence-electron chi connectivity index (χ2n) is 6.86. The van der Waals surface area contributed by atoms with Crippen LogP contribution in [0.15, 0.2) is 98.3 Å². The molecular weight excluding hydrogens is 466 g/mol. The van der Waals surface area contributed by atoms with Crippen LogP contribution in [0.25, 0.3) is 11.0 Å². The molecule has 0 radical (unpaired) electrons. The highest BCUT2D eigenvalue weighted by atomic mass is 35.5. The minimum absolute atomic E-state index is 0.126. The maximum atomic E-state index is 12.5. The predicted molar refractivity (Wildman–Crippen MR) is 126 cm³/mol. The van der Waals surface area contributed by atoms with E-state index in [1.807, 2.05) is 0 Å². The summed E-state index contributed by atoms with van der Waals surface area (Å²) in [6.07, 6.45) is 2.41. The molecule has 33 heavy (non-hydrogen) atoms. The van der Waals surface area contributed by atoms with Gasteiger partial charge in [-0.1, -0.05) is 29.8 Å². The molecule has 0 saturated carbocycles. The van der Waals surface area contributed by atoms with Crippen LogP contribution in [0.1, 0.15) is 15.9 Å². The standard InChI is InChI=1S/C23H16ClN3O5S/c24-17-8-11-21-20(12-17)22(28)16(14-32-21)13-25-26-23(29)15-6-9-18(10-7-15)27-33(30,31)19-4-2-1-3-5-19/h1-14,27H,(H,26,29). The smallest absolute Gasteiger partial charge is 0.271 e. The molecule has 166 valence electrons. The van der Waals surface area contributed by atoms with Gasteiger partial charge in [-0.2, -0.15) is 5.10 Å². The van der Waals surface area contributed by atoms with Gasteiger partial charge >= 0.3 is 0 Å². The number of halogens is 1. The fourth-order valence-corrected chi connectivity index (χ4v) is 4.19. The molecule has 4 aromatic rings. The van der Waals surface area contributed by atoms with Gasteiger partial charge < -0.3 is 4.42 Å². The predicted octanol–water partition coefficient (Wildman–Crippen LogP) is 4.01. The van der Waals surface area contributed by atoms with E-state index in [0.717, 1.165) is 0 Å². The highest BCUT2D eigenvalue weighted by molar-refractivity contribution is 7.92. The molecule has 8 nitrogen and oxygen atoms in total. The summed E-state index contributed by atoms with van der Waals surface area (Å²) in [6.45, 7) is 0. The lowest BCUT2D eigenvalue weighted by molar-refractivity contribution is 0.0955. The van der Waals surface area contributed by atoms with Crippen molar-refractivity contribution in [1.29, 1.82) is 0 Å². The Balaban J connectivity index is 1.43. The quantitative estimate of drug-likeness (QED) is 0.318. The number of carbonyl (C=O) groups is 1. The average molecular weight is 482 g/mol. The van der Waals surface area contributed by atoms with Crippen LogP contribution in [0.3, 0.4) is 0 Å². The zero-order valence-electron chi connectivity index (χ0n) is 16.9. The molecule has 2 N–H and O–H groups in total. The van der Waals surface area contributed by atoms with Crippen LogP contribution in [-0.2, 0) is 10.0 Å². The highest BCUT2D eigenvalue weighted by Gasteiger charge is 2.14. The first-order valence-electron chi connectivity index (χ1n) is 9.56. The number of anilines is 1. The van der Waals surface area contributed by atoms with E-state index in [1.54, 1.807) is 30.3 Å². The maximum Gasteiger partial charge on any atom is 0.271 e. The second kappa shape index (κ2) is 9.27. The lowest BCUT2D eigenvalue weighted by Crippen LogP contribution is -2.19. The number of rotatable bonds is 6. The van der Waals surface area contributed by atoms with Crippen LogP contribution < -0.4 is 15.6 Å². The van der Waals surface area contributed by atoms with Gasteiger partial charge in [0, 0.05) is 16.3 Å². The van der Waals surface area contributed by atoms with Crippen molar-refractivity contribution in [3.63, 3.8) is 0 Å². The molecule has 1 heterocycles. The highest BCUT2D eigenvalue weighted by Crippen LogP contribution is 2.17. The summed E-state index contributed by atoms with van der Waals surface area (Å²) < 4.78 is 32.6. The first kappa shape index (κ1) is 22.3. The third-order valence-electron chi connectivity index (χ3n) is 4.58. The number of benzene rings is 3. The van der Waals surface area contributed by atoms with E-state index in [9.17, 15) is 18.0 Å². The Labute approximate surface area is 193 Å². The van der Waals surface area contributed by atoms with E-state index in [2.05, 4.69) is 15.2 Å². The van der Waals surface area contributed by atoms with E-state index in [-0.39, 0.29) is 21.5 Å². The topological polar surface area (TPSA) is 118 Å². The molecule has 0 aliphatic heterocycles. The van der Waals surface area contributed by atoms with Gasteiger partial charge in [0.2, 0.25) is 5.43 Å². The Morgan fingerprint density at radius 3 is 2.45 bits per heavy atom. The van der Waals surface area contributed by atoms with Crippen molar-refractivity contribution in [3.8, 4) is 0 Å². The molecule has 3 aromatic carbocycles. The van der Waals surface area contributed by atoms with Crippen LogP contribution in [0.5, 0.6) is 0 Å². The lowest BCUT2D eigenvalue weighted by Gasteiger charge is -2.08. The van der Waals surface area contributed by atoms with Crippen molar-refractivity contribution in [3.05, 3.63) is 105 Å². The van der Waals surface area contributed by atoms with E-state index >= 15 is 0 Å². The van der Waals surface area contributed by atoms with E-state index < -0.39 is 15.9 Å². The normalized spacial score (nSPS) is 11.5. The SMILES string of the molecule is O=C(NN=Cc1coc2ccc(Cl)cc2c1=O)c1ccc(NS(=O)(=O)c2ccccc2)cc1. The fourth-order valence-electron chi connectivity index (χ4n) is 2.94. The second-order valence-corrected chi connectivity index (χ2v) is 8.97. The summed E-state index contributed by atoms with van der Waals surface area (Å²) >= 11 is 5.93. The molecule has 1 aromatic heterocycles. The zero-order chi connectivity index (χ0) is 23.4. The summed E-state index contributed by atoms with van der Waals surface area (Å²) in [5.41, 5.74) is 3.03. The van der Waals surface area contributed by atoms with Gasteiger partial charge in [0.15, 0.2) is 0 Å². The van der Waals surface area contributed by atoms with Crippen molar-refractivity contribution in [2.75, 3.05) is 4.72 Å². The Kier molecular flexibility index (Phi) is 6.25. The summed E-state index contributed by atoms with van der Waals surface area (Å²) in [5, 5.41) is 4.49. The van der Waals surface area contributed by atoms with Crippen LogP contribution in [0.4, 0.5) is 5.69 Å². The number of hydrogen-bond acceptors (Lipinski definition) is 6. The van der Waals surface area contributed by atoms with E-state index in [4.69, 9.17) is 16.0 Å². The van der Waals surface area contributed by atoms with Crippen molar-refractivity contribution in [2.24, 2.45) is 5.10 Å². The van der Waals surface area contributed by atoms with Gasteiger partial charge in [0.1, 0.15) is 11.8 Å². The largest absolute Gasteiger partial charge is 0.463 e. The molecular formula is C23H16ClN3O5S. The minimum Gasteiger partial charge on any atom is -0.463 e. The molecule has 4 rings (SSSR count). The minimum atomic E-state index is -3.73. The third-order valence-corrected chi connectivity index (χ3v) is 6.22. The van der Waals surface area contributed by atoms with Crippen molar-refractivity contribution in [1.82, 2.24) is 5.43 Å². The van der Waals surface area contributed by atoms with Crippen LogP contribution in [-0.4, -0.2) is 20.5 Å². The number of nitrogens with zero attached hydrogens (tertiary/aromatic N) is 1. The summed E-state index contributed by atoms with van der Waals surface area (Å²) in [5.74, 6) is -0.545. The molecule has 0 aliphatic carbocycles. The number of carbonyl (C=O) groups excluding carboxylic acids is 1. The molecule has 1 amide bonds. The van der Waals surface area contributed by atoms with Gasteiger partial charge in [0.25, 0.3) is 15.9 Å². The Morgan fingerprint density at radius 1 is 1.00 bits per heavy atom. The van der Waals surface area contributed by atoms with E-state index in [0.29, 0.717) is 21.7 Å². The van der Waals surface area contributed by atoms with Gasteiger partial charge in [-0.15, -0.1) is 0 Å². The lowest BCUT2D eigenvalue weighted by atomic mass is 10.2. The molecule has 10 heteroatoms. The molecule has 0 bridgehead atoms. The van der Waals surface area contributed by atoms with Gasteiger partial charge in [-0.25, -0.2) is 13.8 Å². The molecule has 0 aliphatic rings. The van der Waals surface area contributed by atoms with Gasteiger partial charge in [-0.05, 0) is 54.6 Å². The van der Waals surface area contributed by atoms with Gasteiger partial charge in [-0.3, -0.25) is 14.3 Å². The van der Waals surface area contributed by atoms with E-state index in [1.165, 1.54) is 54.9 Å². The Morgan fingerprint density at radius 2 is 1.73 bits per heavy atom. The Hall–Kier alpha value is -3.95. The van der Waals surface area contributed by atoms with Crippen molar-refractivity contribution < 1.29 is 17.6 Å². The average Bonchev–Trinajstić information content (AvgIpc) is 2.81. The third kappa shape index (κ3) is 5.11. The fraction of sp³-hybridized carbons (Fsp3) is 0. The molecule has 0 unspecified atom stereocenters. The van der Waals surface area contributed by atoms with Crippen LogP contribution in [0.2, 0.25) is 5.02 Å². The maximum absolute atomic E-state index is 12.5. The Bertz CT molecular complexity index is 1520. The first-order valence-corrected chi connectivity index (χ1v) is 11.4. The zero-order valence-corrected chi connectivity index (χ0v) is 18.4. The van der Waals surface area contributed by atoms with Crippen LogP contribution in [0, 0.1) is 0 Å². The van der Waals surface area contributed by atoms with Crippen molar-refractivity contribution >= 4 is 50.4 Å². The number of amides is 1. The summed E-state index contributed by atoms with van der Waals surface area (Å²) in [6, 6.07) is 18.4. The first-order chi connectivity index (χ1) is 15.8. The molecule has 0 saturated heterocycles.